The quantitative estimate of drug-likeness (QED) is 0.760. The van der Waals surface area contributed by atoms with Crippen molar-refractivity contribution in [1.29, 1.82) is 0 Å². The highest BCUT2D eigenvalue weighted by atomic mass is 35.5. The predicted octanol–water partition coefficient (Wildman–Crippen LogP) is 3.14. The molecule has 21 heavy (non-hydrogen) atoms. The van der Waals surface area contributed by atoms with E-state index in [2.05, 4.69) is 5.32 Å². The number of hydrogen-bond acceptors (Lipinski definition) is 3. The van der Waals surface area contributed by atoms with Crippen LogP contribution in [0.2, 0.25) is 5.02 Å². The van der Waals surface area contributed by atoms with E-state index in [0.29, 0.717) is 0 Å². The Balaban J connectivity index is 2.33. The van der Waals surface area contributed by atoms with E-state index in [1.54, 1.807) is 0 Å². The van der Waals surface area contributed by atoms with Gasteiger partial charge >= 0.3 is 5.97 Å². The molecule has 0 saturated heterocycles. The summed E-state index contributed by atoms with van der Waals surface area (Å²) < 4.78 is 13.3. The monoisotopic (exact) mass is 309 g/mol. The van der Waals surface area contributed by atoms with Gasteiger partial charge in [-0.25, -0.2) is 9.18 Å². The Hall–Kier alpha value is -2.60. The molecule has 108 valence electrons. The molecule has 0 spiro atoms. The molecule has 1 amide bonds. The number of hydrogen-bond donors (Lipinski definition) is 3. The first-order valence-electron chi connectivity index (χ1n) is 5.72. The maximum Gasteiger partial charge on any atom is 0.335 e. The van der Waals surface area contributed by atoms with Gasteiger partial charge in [-0.1, -0.05) is 17.7 Å². The van der Waals surface area contributed by atoms with E-state index in [0.717, 1.165) is 18.2 Å². The minimum Gasteiger partial charge on any atom is -0.506 e. The second-order valence-electron chi connectivity index (χ2n) is 4.09. The molecular weight excluding hydrogens is 301 g/mol. The number of phenolic OH excluding ortho intramolecular Hbond substituents is 1. The van der Waals surface area contributed by atoms with Gasteiger partial charge in [0, 0.05) is 0 Å². The Labute approximate surface area is 123 Å². The Morgan fingerprint density at radius 3 is 2.57 bits per heavy atom. The highest BCUT2D eigenvalue weighted by Crippen LogP contribution is 2.26. The molecule has 2 aromatic carbocycles. The molecule has 0 aliphatic carbocycles. The molecule has 0 aromatic heterocycles. The van der Waals surface area contributed by atoms with Crippen molar-refractivity contribution < 1.29 is 24.2 Å². The molecule has 0 aliphatic rings. The summed E-state index contributed by atoms with van der Waals surface area (Å²) in [6.45, 7) is 0. The van der Waals surface area contributed by atoms with Crippen LogP contribution in [0.25, 0.3) is 0 Å². The summed E-state index contributed by atoms with van der Waals surface area (Å²) in [6, 6.07) is 7.11. The Morgan fingerprint density at radius 2 is 1.90 bits per heavy atom. The van der Waals surface area contributed by atoms with Crippen molar-refractivity contribution in [2.75, 3.05) is 5.32 Å². The Morgan fingerprint density at radius 1 is 1.19 bits per heavy atom. The van der Waals surface area contributed by atoms with Gasteiger partial charge in [-0.15, -0.1) is 0 Å². The van der Waals surface area contributed by atoms with Gasteiger partial charge in [-0.05, 0) is 30.3 Å². The van der Waals surface area contributed by atoms with Crippen LogP contribution < -0.4 is 5.32 Å². The van der Waals surface area contributed by atoms with E-state index in [-0.39, 0.29) is 27.6 Å². The molecule has 0 fully saturated rings. The lowest BCUT2D eigenvalue weighted by Gasteiger charge is -2.09. The van der Waals surface area contributed by atoms with Gasteiger partial charge in [-0.3, -0.25) is 4.79 Å². The molecule has 7 heteroatoms. The SMILES string of the molecule is O=C(O)c1ccc(O)c(NC(=O)c2cccc(F)c2Cl)c1. The first-order valence-corrected chi connectivity index (χ1v) is 6.09. The summed E-state index contributed by atoms with van der Waals surface area (Å²) in [5.41, 5.74) is -0.356. The third-order valence-electron chi connectivity index (χ3n) is 2.69. The van der Waals surface area contributed by atoms with Gasteiger partial charge in [0.1, 0.15) is 11.6 Å². The van der Waals surface area contributed by atoms with Crippen molar-refractivity contribution in [1.82, 2.24) is 0 Å². The second kappa shape index (κ2) is 5.80. The summed E-state index contributed by atoms with van der Waals surface area (Å²) in [4.78, 5) is 22.9. The van der Waals surface area contributed by atoms with Gasteiger partial charge in [0.2, 0.25) is 0 Å². The summed E-state index contributed by atoms with van der Waals surface area (Å²) in [6.07, 6.45) is 0. The average Bonchev–Trinajstić information content (AvgIpc) is 2.43. The van der Waals surface area contributed by atoms with E-state index in [1.807, 2.05) is 0 Å². The Kier molecular flexibility index (Phi) is 4.09. The van der Waals surface area contributed by atoms with Gasteiger partial charge in [0.25, 0.3) is 5.91 Å². The molecule has 0 unspecified atom stereocenters. The molecule has 0 aliphatic heterocycles. The molecule has 0 bridgehead atoms. The second-order valence-corrected chi connectivity index (χ2v) is 4.47. The molecule has 5 nitrogen and oxygen atoms in total. The largest absolute Gasteiger partial charge is 0.506 e. The van der Waals surface area contributed by atoms with Crippen LogP contribution >= 0.6 is 11.6 Å². The fourth-order valence-electron chi connectivity index (χ4n) is 1.64. The van der Waals surface area contributed by atoms with E-state index < -0.39 is 17.7 Å². The zero-order valence-corrected chi connectivity index (χ0v) is 11.2. The van der Waals surface area contributed by atoms with Gasteiger partial charge < -0.3 is 15.5 Å². The number of rotatable bonds is 3. The van der Waals surface area contributed by atoms with Crippen molar-refractivity contribution in [2.45, 2.75) is 0 Å². The van der Waals surface area contributed by atoms with Crippen LogP contribution in [0.4, 0.5) is 10.1 Å². The number of halogens is 2. The smallest absolute Gasteiger partial charge is 0.335 e. The fourth-order valence-corrected chi connectivity index (χ4v) is 1.85. The minimum atomic E-state index is -1.21. The standard InChI is InChI=1S/C14H9ClFNO4/c15-12-8(2-1-3-9(12)16)13(19)17-10-6-7(14(20)21)4-5-11(10)18/h1-6,18H,(H,17,19)(H,20,21). The summed E-state index contributed by atoms with van der Waals surface area (Å²) in [5, 5.41) is 20.4. The van der Waals surface area contributed by atoms with Gasteiger partial charge in [0.15, 0.2) is 0 Å². The number of phenols is 1. The predicted molar refractivity (Wildman–Crippen MR) is 74.4 cm³/mol. The fraction of sp³-hybridized carbons (Fsp3) is 0. The number of carbonyl (C=O) groups excluding carboxylic acids is 1. The third-order valence-corrected chi connectivity index (χ3v) is 3.07. The van der Waals surface area contributed by atoms with E-state index in [9.17, 15) is 19.1 Å². The highest BCUT2D eigenvalue weighted by molar-refractivity contribution is 6.34. The van der Waals surface area contributed by atoms with Crippen LogP contribution in [0, 0.1) is 5.82 Å². The van der Waals surface area contributed by atoms with Crippen molar-refractivity contribution in [3.8, 4) is 5.75 Å². The summed E-state index contributed by atoms with van der Waals surface area (Å²) in [7, 11) is 0. The number of aromatic hydroxyl groups is 1. The zero-order valence-electron chi connectivity index (χ0n) is 10.4. The van der Waals surface area contributed by atoms with Gasteiger partial charge in [0.05, 0.1) is 21.8 Å². The number of benzene rings is 2. The van der Waals surface area contributed by atoms with E-state index in [4.69, 9.17) is 16.7 Å². The van der Waals surface area contributed by atoms with Crippen LogP contribution in [0.1, 0.15) is 20.7 Å². The molecule has 0 saturated carbocycles. The lowest BCUT2D eigenvalue weighted by molar-refractivity contribution is 0.0696. The molecular formula is C14H9ClFNO4. The highest BCUT2D eigenvalue weighted by Gasteiger charge is 2.16. The molecule has 0 atom stereocenters. The number of carboxylic acids is 1. The number of carboxylic acid groups (broad SMARTS) is 1. The molecule has 0 radical (unpaired) electrons. The van der Waals surface area contributed by atoms with Crippen LogP contribution in [0.3, 0.4) is 0 Å². The van der Waals surface area contributed by atoms with Crippen molar-refractivity contribution in [2.24, 2.45) is 0 Å². The lowest BCUT2D eigenvalue weighted by atomic mass is 10.1. The third kappa shape index (κ3) is 3.11. The molecule has 2 rings (SSSR count). The number of nitrogens with one attached hydrogen (secondary N) is 1. The molecule has 3 N–H and O–H groups in total. The van der Waals surface area contributed by atoms with Crippen molar-refractivity contribution in [3.05, 3.63) is 58.4 Å². The summed E-state index contributed by atoms with van der Waals surface area (Å²) >= 11 is 5.68. The van der Waals surface area contributed by atoms with E-state index in [1.165, 1.54) is 18.2 Å². The van der Waals surface area contributed by atoms with Crippen molar-refractivity contribution in [3.63, 3.8) is 0 Å². The number of carbonyl (C=O) groups is 2. The zero-order chi connectivity index (χ0) is 15.6. The molecule has 2 aromatic rings. The maximum atomic E-state index is 13.3. The first-order chi connectivity index (χ1) is 9.90. The van der Waals surface area contributed by atoms with Crippen LogP contribution in [0.15, 0.2) is 36.4 Å². The van der Waals surface area contributed by atoms with Gasteiger partial charge in [-0.2, -0.15) is 0 Å². The summed E-state index contributed by atoms with van der Waals surface area (Å²) in [5.74, 6) is -3.06. The minimum absolute atomic E-state index is 0.111. The average molecular weight is 310 g/mol. The number of amides is 1. The normalized spacial score (nSPS) is 10.2. The lowest BCUT2D eigenvalue weighted by Crippen LogP contribution is -2.13. The molecule has 0 heterocycles. The Bertz CT molecular complexity index is 733. The topological polar surface area (TPSA) is 86.6 Å². The maximum absolute atomic E-state index is 13.3. The number of anilines is 1. The van der Waals surface area contributed by atoms with Crippen molar-refractivity contribution >= 4 is 29.2 Å². The van der Waals surface area contributed by atoms with E-state index >= 15 is 0 Å². The number of aromatic carboxylic acids is 1. The first kappa shape index (κ1) is 14.8. The van der Waals surface area contributed by atoms with Crippen LogP contribution in [0.5, 0.6) is 5.75 Å². The van der Waals surface area contributed by atoms with Crippen LogP contribution in [-0.2, 0) is 0 Å². The van der Waals surface area contributed by atoms with Crippen LogP contribution in [-0.4, -0.2) is 22.1 Å².